The first-order valence-corrected chi connectivity index (χ1v) is 11.4. The number of amides is 1. The molecule has 1 amide bonds. The molecule has 0 saturated heterocycles. The van der Waals surface area contributed by atoms with E-state index in [4.69, 9.17) is 9.47 Å². The molecule has 9 heteroatoms. The van der Waals surface area contributed by atoms with E-state index in [1.165, 1.54) is 23.5 Å². The molecule has 2 heterocycles. The Balaban J connectivity index is 1.82. The molecule has 0 atom stereocenters. The summed E-state index contributed by atoms with van der Waals surface area (Å²) in [6, 6.07) is 9.71. The summed E-state index contributed by atoms with van der Waals surface area (Å²) in [5.41, 5.74) is 1.14. The predicted octanol–water partition coefficient (Wildman–Crippen LogP) is 2.64. The number of ether oxygens (including phenoxy) is 2. The van der Waals surface area contributed by atoms with Crippen molar-refractivity contribution in [3.05, 3.63) is 46.8 Å². The van der Waals surface area contributed by atoms with Crippen molar-refractivity contribution in [2.45, 2.75) is 18.4 Å². The van der Waals surface area contributed by atoms with Gasteiger partial charge in [0.05, 0.1) is 15.1 Å². The van der Waals surface area contributed by atoms with Gasteiger partial charge in [-0.2, -0.15) is 4.99 Å². The fourth-order valence-electron chi connectivity index (χ4n) is 3.01. The number of carbonyl (C=O) groups excluding carboxylic acids is 1. The van der Waals surface area contributed by atoms with Crippen LogP contribution < -0.4 is 14.3 Å². The topological polar surface area (TPSA) is 87.0 Å². The van der Waals surface area contributed by atoms with Crippen LogP contribution in [-0.2, 0) is 16.4 Å². The van der Waals surface area contributed by atoms with Crippen LogP contribution in [0.1, 0.15) is 17.3 Å². The quantitative estimate of drug-likeness (QED) is 0.653. The van der Waals surface area contributed by atoms with Crippen molar-refractivity contribution in [1.29, 1.82) is 0 Å². The minimum atomic E-state index is -3.40. The number of aromatic nitrogens is 1. The van der Waals surface area contributed by atoms with Gasteiger partial charge in [-0.15, -0.1) is 0 Å². The normalized spacial score (nSPS) is 14.4. The lowest BCUT2D eigenvalue weighted by atomic mass is 10.2. The Bertz CT molecular complexity index is 1260. The molecule has 1 aromatic heterocycles. The predicted molar refractivity (Wildman–Crippen MR) is 106 cm³/mol. The van der Waals surface area contributed by atoms with Gasteiger partial charge in [0.25, 0.3) is 5.91 Å². The molecule has 28 heavy (non-hydrogen) atoms. The van der Waals surface area contributed by atoms with Gasteiger partial charge in [0.15, 0.2) is 26.1 Å². The molecule has 0 unspecified atom stereocenters. The molecule has 7 nitrogen and oxygen atoms in total. The Morgan fingerprint density at radius 1 is 1.18 bits per heavy atom. The molecular formula is C19H18N2O5S2. The number of hydrogen-bond acceptors (Lipinski definition) is 6. The summed E-state index contributed by atoms with van der Waals surface area (Å²) < 4.78 is 37.6. The van der Waals surface area contributed by atoms with E-state index in [9.17, 15) is 13.2 Å². The smallest absolute Gasteiger partial charge is 0.279 e. The van der Waals surface area contributed by atoms with Crippen LogP contribution in [0.3, 0.4) is 0 Å². The van der Waals surface area contributed by atoms with Crippen molar-refractivity contribution in [3.8, 4) is 11.5 Å². The third kappa shape index (κ3) is 3.43. The first kappa shape index (κ1) is 18.7. The highest BCUT2D eigenvalue weighted by molar-refractivity contribution is 7.90. The van der Waals surface area contributed by atoms with E-state index in [1.807, 2.05) is 23.6 Å². The van der Waals surface area contributed by atoms with E-state index in [0.717, 1.165) is 16.5 Å². The second-order valence-corrected chi connectivity index (χ2v) is 9.33. The largest absolute Gasteiger partial charge is 0.486 e. The fraction of sp³-hybridized carbons (Fsp3) is 0.263. The molecule has 0 aliphatic carbocycles. The van der Waals surface area contributed by atoms with E-state index in [-0.39, 0.29) is 10.5 Å². The number of rotatable bonds is 3. The molecule has 0 bridgehead atoms. The SMILES string of the molecule is CCn1c(=NC(=O)c2cccc(S(C)(=O)=O)c2)sc2cc3c(cc21)OCCO3. The standard InChI is InChI=1S/C19H18N2O5S2/c1-3-21-14-10-15-16(26-8-7-25-15)11-17(14)27-19(21)20-18(22)12-5-4-6-13(9-12)28(2,23)24/h4-6,9-11H,3,7-8H2,1-2H3. The Hall–Kier alpha value is -2.65. The van der Waals surface area contributed by atoms with Crippen LogP contribution in [0.5, 0.6) is 11.5 Å². The molecule has 0 fully saturated rings. The fourth-order valence-corrected chi connectivity index (χ4v) is 4.78. The molecule has 2 aromatic carbocycles. The highest BCUT2D eigenvalue weighted by Gasteiger charge is 2.17. The molecule has 0 saturated carbocycles. The van der Waals surface area contributed by atoms with Gasteiger partial charge >= 0.3 is 0 Å². The second-order valence-electron chi connectivity index (χ2n) is 6.31. The molecule has 0 spiro atoms. The summed E-state index contributed by atoms with van der Waals surface area (Å²) in [6.45, 7) is 3.59. The Labute approximate surface area is 165 Å². The minimum absolute atomic E-state index is 0.0928. The number of hydrogen-bond donors (Lipinski definition) is 0. The number of fused-ring (bicyclic) bond motifs is 2. The van der Waals surface area contributed by atoms with Gasteiger partial charge in [0.2, 0.25) is 0 Å². The van der Waals surface area contributed by atoms with Crippen LogP contribution in [0.2, 0.25) is 0 Å². The van der Waals surface area contributed by atoms with Crippen LogP contribution in [0.15, 0.2) is 46.3 Å². The summed E-state index contributed by atoms with van der Waals surface area (Å²) in [4.78, 5) is 17.6. The van der Waals surface area contributed by atoms with E-state index >= 15 is 0 Å². The third-order valence-electron chi connectivity index (χ3n) is 4.37. The number of benzene rings is 2. The lowest BCUT2D eigenvalue weighted by molar-refractivity contribution is 0.0997. The third-order valence-corrected chi connectivity index (χ3v) is 6.52. The number of aryl methyl sites for hydroxylation is 1. The molecule has 146 valence electrons. The number of carbonyl (C=O) groups is 1. The van der Waals surface area contributed by atoms with Gasteiger partial charge in [-0.1, -0.05) is 17.4 Å². The Morgan fingerprint density at radius 2 is 1.89 bits per heavy atom. The van der Waals surface area contributed by atoms with Crippen LogP contribution in [0.4, 0.5) is 0 Å². The van der Waals surface area contributed by atoms with Gasteiger partial charge in [-0.25, -0.2) is 8.42 Å². The molecular weight excluding hydrogens is 400 g/mol. The zero-order chi connectivity index (χ0) is 19.9. The molecule has 3 aromatic rings. The van der Waals surface area contributed by atoms with Crippen molar-refractivity contribution in [1.82, 2.24) is 4.57 Å². The molecule has 1 aliphatic rings. The van der Waals surface area contributed by atoms with Crippen LogP contribution in [0.25, 0.3) is 10.2 Å². The first-order chi connectivity index (χ1) is 13.4. The van der Waals surface area contributed by atoms with E-state index in [1.54, 1.807) is 12.1 Å². The molecule has 0 N–H and O–H groups in total. The van der Waals surface area contributed by atoms with Gasteiger partial charge in [-0.3, -0.25) is 4.79 Å². The van der Waals surface area contributed by atoms with Gasteiger partial charge in [0, 0.05) is 30.5 Å². The Kier molecular flexibility index (Phi) is 4.72. The zero-order valence-corrected chi connectivity index (χ0v) is 17.0. The molecule has 4 rings (SSSR count). The highest BCUT2D eigenvalue weighted by Crippen LogP contribution is 2.35. The first-order valence-electron chi connectivity index (χ1n) is 8.69. The van der Waals surface area contributed by atoms with Crippen molar-refractivity contribution in [2.24, 2.45) is 4.99 Å². The van der Waals surface area contributed by atoms with E-state index in [2.05, 4.69) is 4.99 Å². The zero-order valence-electron chi connectivity index (χ0n) is 15.3. The van der Waals surface area contributed by atoms with Crippen molar-refractivity contribution >= 4 is 37.3 Å². The molecule has 0 radical (unpaired) electrons. The Morgan fingerprint density at radius 3 is 2.57 bits per heavy atom. The van der Waals surface area contributed by atoms with Crippen LogP contribution in [-0.4, -0.2) is 38.4 Å². The minimum Gasteiger partial charge on any atom is -0.486 e. The van der Waals surface area contributed by atoms with Gasteiger partial charge in [0.1, 0.15) is 13.2 Å². The molecule has 1 aliphatic heterocycles. The highest BCUT2D eigenvalue weighted by atomic mass is 32.2. The number of nitrogens with zero attached hydrogens (tertiary/aromatic N) is 2. The summed E-state index contributed by atoms with van der Waals surface area (Å²) >= 11 is 1.38. The summed E-state index contributed by atoms with van der Waals surface area (Å²) in [5, 5.41) is 0. The lowest BCUT2D eigenvalue weighted by Crippen LogP contribution is -2.17. The lowest BCUT2D eigenvalue weighted by Gasteiger charge is -2.18. The maximum absolute atomic E-state index is 12.7. The van der Waals surface area contributed by atoms with Crippen molar-refractivity contribution in [2.75, 3.05) is 19.5 Å². The van der Waals surface area contributed by atoms with Gasteiger partial charge in [-0.05, 0) is 25.1 Å². The number of sulfone groups is 1. The van der Waals surface area contributed by atoms with Crippen molar-refractivity contribution in [3.63, 3.8) is 0 Å². The average Bonchev–Trinajstić information content (AvgIpc) is 3.01. The summed E-state index contributed by atoms with van der Waals surface area (Å²) in [6.07, 6.45) is 1.11. The van der Waals surface area contributed by atoms with Crippen LogP contribution >= 0.6 is 11.3 Å². The van der Waals surface area contributed by atoms with E-state index in [0.29, 0.717) is 36.1 Å². The summed E-state index contributed by atoms with van der Waals surface area (Å²) in [7, 11) is -3.40. The maximum Gasteiger partial charge on any atom is 0.279 e. The maximum atomic E-state index is 12.7. The van der Waals surface area contributed by atoms with E-state index < -0.39 is 15.7 Å². The summed E-state index contributed by atoms with van der Waals surface area (Å²) in [5.74, 6) is 0.871. The van der Waals surface area contributed by atoms with Crippen LogP contribution in [0, 0.1) is 0 Å². The second kappa shape index (κ2) is 7.06. The average molecular weight is 418 g/mol. The monoisotopic (exact) mass is 418 g/mol. The number of thiazole rings is 1. The van der Waals surface area contributed by atoms with Crippen molar-refractivity contribution < 1.29 is 22.7 Å². The van der Waals surface area contributed by atoms with Gasteiger partial charge < -0.3 is 14.0 Å².